The fourth-order valence-electron chi connectivity index (χ4n) is 3.54. The Hall–Kier alpha value is -1.59. The highest BCUT2D eigenvalue weighted by Gasteiger charge is 2.40. The van der Waals surface area contributed by atoms with Crippen LogP contribution >= 0.6 is 11.6 Å². The van der Waals surface area contributed by atoms with Crippen LogP contribution in [0.3, 0.4) is 0 Å². The molecule has 4 N–H and O–H groups in total. The van der Waals surface area contributed by atoms with E-state index in [2.05, 4.69) is 16.0 Å². The standard InChI is InChI=1S/C17H22ClN3O2/c1-10-6-7-11(18)8-14(10)20-16(22)9-15-17(23)21-13-5-3-2-4-12(13)19-15/h6-8,12-13,15,19H,2-5,9H2,1H3,(H,20,22)(H,21,23)/p+1/t12-,13+,15+/m1/s1. The van der Waals surface area contributed by atoms with Gasteiger partial charge in [-0.25, -0.2) is 0 Å². The molecule has 6 heteroatoms. The van der Waals surface area contributed by atoms with Crippen LogP contribution in [0.25, 0.3) is 0 Å². The van der Waals surface area contributed by atoms with E-state index in [0.717, 1.165) is 18.4 Å². The summed E-state index contributed by atoms with van der Waals surface area (Å²) in [6, 6.07) is 5.73. The number of carbonyl (C=O) groups is 2. The molecule has 1 aromatic carbocycles. The maximum Gasteiger partial charge on any atom is 0.279 e. The minimum absolute atomic E-state index is 0.0221. The number of aryl methyl sites for hydroxylation is 1. The van der Waals surface area contributed by atoms with Crippen molar-refractivity contribution in [2.24, 2.45) is 0 Å². The molecule has 124 valence electrons. The minimum atomic E-state index is -0.339. The highest BCUT2D eigenvalue weighted by atomic mass is 35.5. The van der Waals surface area contributed by atoms with E-state index in [-0.39, 0.29) is 30.3 Å². The maximum atomic E-state index is 12.3. The van der Waals surface area contributed by atoms with Crippen LogP contribution in [-0.4, -0.2) is 29.9 Å². The van der Waals surface area contributed by atoms with Crippen LogP contribution in [0, 0.1) is 6.92 Å². The van der Waals surface area contributed by atoms with Gasteiger partial charge in [0.25, 0.3) is 5.91 Å². The van der Waals surface area contributed by atoms with Gasteiger partial charge in [-0.15, -0.1) is 0 Å². The van der Waals surface area contributed by atoms with Crippen LogP contribution in [0.4, 0.5) is 5.69 Å². The number of amides is 2. The van der Waals surface area contributed by atoms with E-state index >= 15 is 0 Å². The zero-order valence-electron chi connectivity index (χ0n) is 13.3. The lowest BCUT2D eigenvalue weighted by Gasteiger charge is -2.37. The molecule has 5 nitrogen and oxygen atoms in total. The van der Waals surface area contributed by atoms with E-state index in [4.69, 9.17) is 11.6 Å². The quantitative estimate of drug-likeness (QED) is 0.779. The van der Waals surface area contributed by atoms with Crippen molar-refractivity contribution in [3.05, 3.63) is 28.8 Å². The Morgan fingerprint density at radius 3 is 3.00 bits per heavy atom. The number of benzene rings is 1. The molecule has 2 amide bonds. The topological polar surface area (TPSA) is 74.8 Å². The normalized spacial score (nSPS) is 27.0. The van der Waals surface area contributed by atoms with Crippen molar-refractivity contribution in [3.63, 3.8) is 0 Å². The zero-order chi connectivity index (χ0) is 16.4. The van der Waals surface area contributed by atoms with Gasteiger partial charge in [0.05, 0.1) is 12.5 Å². The van der Waals surface area contributed by atoms with Gasteiger partial charge in [0, 0.05) is 17.1 Å². The van der Waals surface area contributed by atoms with Gasteiger partial charge in [-0.05, 0) is 37.5 Å². The van der Waals surface area contributed by atoms with Crippen LogP contribution in [0.1, 0.15) is 37.7 Å². The molecule has 1 saturated carbocycles. The first-order valence-corrected chi connectivity index (χ1v) is 8.62. The second kappa shape index (κ2) is 6.89. The Morgan fingerprint density at radius 1 is 1.39 bits per heavy atom. The average Bonchev–Trinajstić information content (AvgIpc) is 2.51. The molecule has 1 aromatic rings. The van der Waals surface area contributed by atoms with Crippen LogP contribution < -0.4 is 16.0 Å². The van der Waals surface area contributed by atoms with E-state index in [1.807, 2.05) is 13.0 Å². The predicted molar refractivity (Wildman–Crippen MR) is 89.3 cm³/mol. The Bertz CT molecular complexity index is 620. The van der Waals surface area contributed by atoms with Crippen LogP contribution in [-0.2, 0) is 9.59 Å². The van der Waals surface area contributed by atoms with E-state index in [1.165, 1.54) is 12.8 Å². The first-order valence-electron chi connectivity index (χ1n) is 8.24. The van der Waals surface area contributed by atoms with Crippen molar-refractivity contribution in [1.29, 1.82) is 0 Å². The smallest absolute Gasteiger partial charge is 0.279 e. The second-order valence-electron chi connectivity index (χ2n) is 6.57. The van der Waals surface area contributed by atoms with Crippen LogP contribution in [0.5, 0.6) is 0 Å². The molecule has 3 atom stereocenters. The van der Waals surface area contributed by atoms with Gasteiger partial charge in [0.2, 0.25) is 5.91 Å². The van der Waals surface area contributed by atoms with E-state index in [9.17, 15) is 9.59 Å². The number of rotatable bonds is 3. The minimum Gasteiger partial charge on any atom is -0.342 e. The molecule has 0 unspecified atom stereocenters. The Balaban J connectivity index is 1.61. The summed E-state index contributed by atoms with van der Waals surface area (Å²) in [4.78, 5) is 24.5. The number of anilines is 1. The van der Waals surface area contributed by atoms with Gasteiger partial charge in [-0.3, -0.25) is 9.59 Å². The van der Waals surface area contributed by atoms with E-state index in [1.54, 1.807) is 12.1 Å². The van der Waals surface area contributed by atoms with Crippen molar-refractivity contribution in [3.8, 4) is 0 Å². The second-order valence-corrected chi connectivity index (χ2v) is 7.01. The Labute approximate surface area is 141 Å². The molecule has 1 aliphatic carbocycles. The monoisotopic (exact) mass is 336 g/mol. The third-order valence-electron chi connectivity index (χ3n) is 4.84. The third-order valence-corrected chi connectivity index (χ3v) is 5.08. The van der Waals surface area contributed by atoms with E-state index < -0.39 is 0 Å². The molecule has 3 rings (SSSR count). The van der Waals surface area contributed by atoms with Gasteiger partial charge in [0.15, 0.2) is 6.04 Å². The number of quaternary nitrogens is 1. The predicted octanol–water partition coefficient (Wildman–Crippen LogP) is 1.35. The summed E-state index contributed by atoms with van der Waals surface area (Å²) in [5.74, 6) is -0.174. The molecule has 1 heterocycles. The van der Waals surface area contributed by atoms with Gasteiger partial charge < -0.3 is 16.0 Å². The fraction of sp³-hybridized carbons (Fsp3) is 0.529. The number of fused-ring (bicyclic) bond motifs is 1. The molecule has 1 saturated heterocycles. The number of halogens is 1. The van der Waals surface area contributed by atoms with E-state index in [0.29, 0.717) is 16.8 Å². The largest absolute Gasteiger partial charge is 0.342 e. The summed E-state index contributed by atoms with van der Waals surface area (Å²) in [6.07, 6.45) is 4.72. The molecule has 2 aliphatic rings. The van der Waals surface area contributed by atoms with Crippen LogP contribution in [0.2, 0.25) is 5.02 Å². The summed E-state index contributed by atoms with van der Waals surface area (Å²) in [6.45, 7) is 1.91. The lowest BCUT2D eigenvalue weighted by molar-refractivity contribution is -0.718. The lowest BCUT2D eigenvalue weighted by Crippen LogP contribution is -3.03. The molecule has 0 radical (unpaired) electrons. The summed E-state index contributed by atoms with van der Waals surface area (Å²) >= 11 is 5.97. The molecule has 0 spiro atoms. The summed E-state index contributed by atoms with van der Waals surface area (Å²) < 4.78 is 0. The SMILES string of the molecule is Cc1ccc(Cl)cc1NC(=O)C[C@@H]1[NH2+][C@@H]2CCCC[C@@H]2NC1=O. The van der Waals surface area contributed by atoms with Crippen LogP contribution in [0.15, 0.2) is 18.2 Å². The summed E-state index contributed by atoms with van der Waals surface area (Å²) in [5.41, 5.74) is 1.65. The van der Waals surface area contributed by atoms with Gasteiger partial charge in [-0.1, -0.05) is 24.1 Å². The number of hydrogen-bond donors (Lipinski definition) is 3. The Morgan fingerprint density at radius 2 is 2.17 bits per heavy atom. The highest BCUT2D eigenvalue weighted by molar-refractivity contribution is 6.31. The van der Waals surface area contributed by atoms with Crippen molar-refractivity contribution in [2.75, 3.05) is 5.32 Å². The third kappa shape index (κ3) is 3.85. The number of nitrogens with two attached hydrogens (primary N) is 1. The first kappa shape index (κ1) is 16.3. The molecule has 0 aromatic heterocycles. The number of hydrogen-bond acceptors (Lipinski definition) is 2. The van der Waals surface area contributed by atoms with Gasteiger partial charge >= 0.3 is 0 Å². The zero-order valence-corrected chi connectivity index (χ0v) is 14.0. The first-order chi connectivity index (χ1) is 11.0. The molecule has 23 heavy (non-hydrogen) atoms. The van der Waals surface area contributed by atoms with Crippen molar-refractivity contribution < 1.29 is 14.9 Å². The average molecular weight is 337 g/mol. The molecule has 1 aliphatic heterocycles. The summed E-state index contributed by atoms with van der Waals surface area (Å²) in [5, 5.41) is 8.63. The highest BCUT2D eigenvalue weighted by Crippen LogP contribution is 2.21. The van der Waals surface area contributed by atoms with Crippen molar-refractivity contribution >= 4 is 29.1 Å². The van der Waals surface area contributed by atoms with Crippen molar-refractivity contribution in [1.82, 2.24) is 5.32 Å². The lowest BCUT2D eigenvalue weighted by atomic mass is 9.87. The Kier molecular flexibility index (Phi) is 4.87. The fourth-order valence-corrected chi connectivity index (χ4v) is 3.71. The molecular weight excluding hydrogens is 314 g/mol. The maximum absolute atomic E-state index is 12.3. The molecule has 0 bridgehead atoms. The molecular formula is C17H23ClN3O2+. The van der Waals surface area contributed by atoms with Gasteiger partial charge in [-0.2, -0.15) is 0 Å². The van der Waals surface area contributed by atoms with Gasteiger partial charge in [0.1, 0.15) is 6.04 Å². The van der Waals surface area contributed by atoms with Crippen molar-refractivity contribution in [2.45, 2.75) is 57.2 Å². The molecule has 2 fully saturated rings. The summed E-state index contributed by atoms with van der Waals surface area (Å²) in [7, 11) is 0. The number of piperazine rings is 1. The number of nitrogens with one attached hydrogen (secondary N) is 2. The number of carbonyl (C=O) groups excluding carboxylic acids is 2.